The summed E-state index contributed by atoms with van der Waals surface area (Å²) in [5, 5.41) is 4.62. The SMILES string of the molecule is CC(N)(c1ccccc1)c1nc(-c2cccc(Cl)c2)no1. The average Bonchev–Trinajstić information content (AvgIpc) is 2.99. The van der Waals surface area contributed by atoms with Crippen molar-refractivity contribution in [2.24, 2.45) is 5.73 Å². The van der Waals surface area contributed by atoms with Crippen LogP contribution in [-0.2, 0) is 5.54 Å². The third kappa shape index (κ3) is 2.68. The number of hydrogen-bond acceptors (Lipinski definition) is 4. The molecule has 0 aliphatic carbocycles. The van der Waals surface area contributed by atoms with Gasteiger partial charge < -0.3 is 10.3 Å². The van der Waals surface area contributed by atoms with Crippen molar-refractivity contribution in [1.82, 2.24) is 10.1 Å². The van der Waals surface area contributed by atoms with Gasteiger partial charge in [0.1, 0.15) is 5.54 Å². The minimum Gasteiger partial charge on any atom is -0.337 e. The van der Waals surface area contributed by atoms with Crippen LogP contribution in [0.2, 0.25) is 5.02 Å². The van der Waals surface area contributed by atoms with Crippen LogP contribution in [0, 0.1) is 0 Å². The van der Waals surface area contributed by atoms with Crippen LogP contribution in [0.4, 0.5) is 0 Å². The van der Waals surface area contributed by atoms with E-state index in [-0.39, 0.29) is 0 Å². The molecule has 0 aliphatic heterocycles. The molecule has 106 valence electrons. The van der Waals surface area contributed by atoms with E-state index in [1.165, 1.54) is 0 Å². The van der Waals surface area contributed by atoms with Crippen molar-refractivity contribution in [2.45, 2.75) is 12.5 Å². The molecule has 0 saturated carbocycles. The van der Waals surface area contributed by atoms with Crippen molar-refractivity contribution < 1.29 is 4.52 Å². The molecule has 4 nitrogen and oxygen atoms in total. The van der Waals surface area contributed by atoms with Crippen LogP contribution < -0.4 is 5.73 Å². The fourth-order valence-corrected chi connectivity index (χ4v) is 2.28. The molecular formula is C16H14ClN3O. The summed E-state index contributed by atoms with van der Waals surface area (Å²) in [5.74, 6) is 0.837. The normalized spacial score (nSPS) is 13.9. The van der Waals surface area contributed by atoms with E-state index >= 15 is 0 Å². The highest BCUT2D eigenvalue weighted by Crippen LogP contribution is 2.27. The van der Waals surface area contributed by atoms with E-state index < -0.39 is 5.54 Å². The zero-order chi connectivity index (χ0) is 14.9. The van der Waals surface area contributed by atoms with Gasteiger partial charge in [0.15, 0.2) is 0 Å². The van der Waals surface area contributed by atoms with Gasteiger partial charge in [-0.3, -0.25) is 0 Å². The summed E-state index contributed by atoms with van der Waals surface area (Å²) in [7, 11) is 0. The van der Waals surface area contributed by atoms with Gasteiger partial charge in [-0.15, -0.1) is 0 Å². The standard InChI is InChI=1S/C16H14ClN3O/c1-16(18,12-7-3-2-4-8-12)15-19-14(20-21-15)11-6-5-9-13(17)10-11/h2-10H,18H2,1H3. The van der Waals surface area contributed by atoms with E-state index in [1.54, 1.807) is 12.1 Å². The molecule has 0 saturated heterocycles. The minimum absolute atomic E-state index is 0.365. The molecule has 0 radical (unpaired) electrons. The highest BCUT2D eigenvalue weighted by atomic mass is 35.5. The Kier molecular flexibility index (Phi) is 3.49. The molecule has 1 unspecified atom stereocenters. The molecule has 3 rings (SSSR count). The van der Waals surface area contributed by atoms with E-state index in [9.17, 15) is 0 Å². The van der Waals surface area contributed by atoms with Crippen LogP contribution in [0.3, 0.4) is 0 Å². The molecule has 0 amide bonds. The molecule has 0 fully saturated rings. The maximum Gasteiger partial charge on any atom is 0.251 e. The van der Waals surface area contributed by atoms with Crippen molar-refractivity contribution >= 4 is 11.6 Å². The monoisotopic (exact) mass is 299 g/mol. The van der Waals surface area contributed by atoms with Gasteiger partial charge in [0.2, 0.25) is 5.82 Å². The summed E-state index contributed by atoms with van der Waals surface area (Å²) in [6.07, 6.45) is 0. The number of aromatic nitrogens is 2. The summed E-state index contributed by atoms with van der Waals surface area (Å²) < 4.78 is 5.35. The Labute approximate surface area is 127 Å². The van der Waals surface area contributed by atoms with Crippen molar-refractivity contribution in [3.8, 4) is 11.4 Å². The van der Waals surface area contributed by atoms with Crippen LogP contribution in [0.1, 0.15) is 18.4 Å². The number of benzene rings is 2. The van der Waals surface area contributed by atoms with Crippen LogP contribution in [0.25, 0.3) is 11.4 Å². The first-order chi connectivity index (χ1) is 10.1. The van der Waals surface area contributed by atoms with Gasteiger partial charge in [-0.2, -0.15) is 4.98 Å². The van der Waals surface area contributed by atoms with E-state index in [0.29, 0.717) is 16.7 Å². The minimum atomic E-state index is -0.842. The van der Waals surface area contributed by atoms with Crippen LogP contribution >= 0.6 is 11.6 Å². The van der Waals surface area contributed by atoms with E-state index in [0.717, 1.165) is 11.1 Å². The van der Waals surface area contributed by atoms with Crippen LogP contribution in [-0.4, -0.2) is 10.1 Å². The lowest BCUT2D eigenvalue weighted by atomic mass is 9.93. The molecule has 1 heterocycles. The molecule has 5 heteroatoms. The number of halogens is 1. The second-order valence-electron chi connectivity index (χ2n) is 5.00. The average molecular weight is 300 g/mol. The lowest BCUT2D eigenvalue weighted by Gasteiger charge is -2.20. The fraction of sp³-hybridized carbons (Fsp3) is 0.125. The van der Waals surface area contributed by atoms with Gasteiger partial charge in [-0.05, 0) is 24.6 Å². The highest BCUT2D eigenvalue weighted by Gasteiger charge is 2.30. The predicted molar refractivity (Wildman–Crippen MR) is 81.8 cm³/mol. The van der Waals surface area contributed by atoms with Crippen molar-refractivity contribution in [2.75, 3.05) is 0 Å². The fourth-order valence-electron chi connectivity index (χ4n) is 2.09. The largest absolute Gasteiger partial charge is 0.337 e. The maximum absolute atomic E-state index is 6.36. The Morgan fingerprint density at radius 2 is 1.86 bits per heavy atom. The quantitative estimate of drug-likeness (QED) is 0.802. The first-order valence-corrected chi connectivity index (χ1v) is 6.90. The van der Waals surface area contributed by atoms with Crippen LogP contribution in [0.5, 0.6) is 0 Å². The van der Waals surface area contributed by atoms with Crippen molar-refractivity contribution in [1.29, 1.82) is 0 Å². The Morgan fingerprint density at radius 3 is 2.57 bits per heavy atom. The van der Waals surface area contributed by atoms with Gasteiger partial charge in [0, 0.05) is 10.6 Å². The van der Waals surface area contributed by atoms with E-state index in [1.807, 2.05) is 49.4 Å². The number of hydrogen-bond donors (Lipinski definition) is 1. The van der Waals surface area contributed by atoms with E-state index in [2.05, 4.69) is 10.1 Å². The number of nitrogens with zero attached hydrogens (tertiary/aromatic N) is 2. The molecule has 0 aliphatic rings. The van der Waals surface area contributed by atoms with Gasteiger partial charge in [0.25, 0.3) is 5.89 Å². The summed E-state index contributed by atoms with van der Waals surface area (Å²) in [5.41, 5.74) is 7.22. The zero-order valence-corrected chi connectivity index (χ0v) is 12.2. The Balaban J connectivity index is 1.98. The van der Waals surface area contributed by atoms with Gasteiger partial charge in [0.05, 0.1) is 0 Å². The molecule has 0 spiro atoms. The topological polar surface area (TPSA) is 64.9 Å². The van der Waals surface area contributed by atoms with Gasteiger partial charge in [-0.25, -0.2) is 0 Å². The maximum atomic E-state index is 6.36. The van der Waals surface area contributed by atoms with E-state index in [4.69, 9.17) is 21.9 Å². The predicted octanol–water partition coefficient (Wildman–Crippen LogP) is 3.61. The summed E-state index contributed by atoms with van der Waals surface area (Å²) in [6.45, 7) is 1.84. The summed E-state index contributed by atoms with van der Waals surface area (Å²) in [6, 6.07) is 16.9. The molecule has 21 heavy (non-hydrogen) atoms. The van der Waals surface area contributed by atoms with Crippen molar-refractivity contribution in [3.63, 3.8) is 0 Å². The third-order valence-electron chi connectivity index (χ3n) is 3.33. The molecule has 1 atom stereocenters. The molecule has 3 aromatic rings. The van der Waals surface area contributed by atoms with Crippen molar-refractivity contribution in [3.05, 3.63) is 71.1 Å². The smallest absolute Gasteiger partial charge is 0.251 e. The zero-order valence-electron chi connectivity index (χ0n) is 11.5. The van der Waals surface area contributed by atoms with Crippen LogP contribution in [0.15, 0.2) is 59.1 Å². The lowest BCUT2D eigenvalue weighted by molar-refractivity contribution is 0.325. The molecule has 2 aromatic carbocycles. The number of nitrogens with two attached hydrogens (primary N) is 1. The molecular weight excluding hydrogens is 286 g/mol. The second-order valence-corrected chi connectivity index (χ2v) is 5.44. The first-order valence-electron chi connectivity index (χ1n) is 6.52. The van der Waals surface area contributed by atoms with Gasteiger partial charge >= 0.3 is 0 Å². The molecule has 1 aromatic heterocycles. The Bertz CT molecular complexity index is 753. The first kappa shape index (κ1) is 13.8. The summed E-state index contributed by atoms with van der Waals surface area (Å²) >= 11 is 5.98. The second kappa shape index (κ2) is 5.31. The Morgan fingerprint density at radius 1 is 1.10 bits per heavy atom. The lowest BCUT2D eigenvalue weighted by Crippen LogP contribution is -2.34. The highest BCUT2D eigenvalue weighted by molar-refractivity contribution is 6.30. The molecule has 2 N–H and O–H groups in total. The number of rotatable bonds is 3. The Hall–Kier alpha value is -2.17. The summed E-state index contributed by atoms with van der Waals surface area (Å²) in [4.78, 5) is 4.41. The molecule has 0 bridgehead atoms. The van der Waals surface area contributed by atoms with Gasteiger partial charge in [-0.1, -0.05) is 59.2 Å². The third-order valence-corrected chi connectivity index (χ3v) is 3.56.